The number of benzene rings is 9. The van der Waals surface area contributed by atoms with Gasteiger partial charge in [-0.25, -0.2) is 0 Å². The highest BCUT2D eigenvalue weighted by Crippen LogP contribution is 2.67. The highest BCUT2D eigenvalue weighted by Gasteiger charge is 2.53. The van der Waals surface area contributed by atoms with Crippen LogP contribution in [-0.4, -0.2) is 4.57 Å². The number of rotatable bonds is 4. The number of para-hydroxylation sites is 4. The molecule has 2 heterocycles. The summed E-state index contributed by atoms with van der Waals surface area (Å²) >= 11 is 0. The lowest BCUT2D eigenvalue weighted by Crippen LogP contribution is -2.25. The van der Waals surface area contributed by atoms with Crippen LogP contribution in [0, 0.1) is 0 Å². The third-order valence-electron chi connectivity index (χ3n) is 12.6. The van der Waals surface area contributed by atoms with E-state index in [4.69, 9.17) is 9.47 Å². The number of hydrogen-bond donors (Lipinski definition) is 0. The standard InChI is InChI=1S/C55H34N2O2/c1-3-16-35(17-4-1)56(37-30-31-41-40-22-10-14-27-47(40)57(49(41)34-37)36-18-5-2-6-19-36)48-28-15-29-50-53(48)59-54-51(58-50)33-32-46-52(54)42-23-9-13-26-45(42)55(46)43-24-11-7-20-38(43)39-21-8-12-25-44(39)55/h1-34H. The van der Waals surface area contributed by atoms with Crippen molar-refractivity contribution in [2.24, 2.45) is 0 Å². The van der Waals surface area contributed by atoms with Gasteiger partial charge in [-0.1, -0.05) is 146 Å². The SMILES string of the molecule is c1ccc(N(c2ccc3c4ccccc4n(-c4ccccc4)c3c2)c2cccc3c2Oc2c(ccc4c2-c2ccccc2C42c4ccccc4-c4ccccc42)O3)cc1. The molecule has 0 bridgehead atoms. The molecule has 0 fully saturated rings. The zero-order valence-electron chi connectivity index (χ0n) is 31.8. The minimum absolute atomic E-state index is 0.486. The quantitative estimate of drug-likeness (QED) is 0.179. The third kappa shape index (κ3) is 4.32. The summed E-state index contributed by atoms with van der Waals surface area (Å²) in [6.07, 6.45) is 0. The van der Waals surface area contributed by atoms with E-state index in [-0.39, 0.29) is 0 Å². The van der Waals surface area contributed by atoms with Crippen LogP contribution in [0.15, 0.2) is 206 Å². The Morgan fingerprint density at radius 3 is 1.76 bits per heavy atom. The Balaban J connectivity index is 1.03. The van der Waals surface area contributed by atoms with E-state index in [0.717, 1.165) is 45.1 Å². The Morgan fingerprint density at radius 1 is 0.390 bits per heavy atom. The van der Waals surface area contributed by atoms with Gasteiger partial charge in [0.15, 0.2) is 23.0 Å². The maximum Gasteiger partial charge on any atom is 0.194 e. The second-order valence-corrected chi connectivity index (χ2v) is 15.6. The van der Waals surface area contributed by atoms with Gasteiger partial charge in [0.05, 0.1) is 22.1 Å². The zero-order valence-corrected chi connectivity index (χ0v) is 31.8. The molecule has 10 aromatic rings. The molecule has 4 heteroatoms. The first-order valence-corrected chi connectivity index (χ1v) is 20.2. The second kappa shape index (κ2) is 12.1. The van der Waals surface area contributed by atoms with E-state index in [1.807, 2.05) is 6.07 Å². The van der Waals surface area contributed by atoms with Gasteiger partial charge in [0.25, 0.3) is 0 Å². The van der Waals surface area contributed by atoms with E-state index in [1.54, 1.807) is 0 Å². The lowest BCUT2D eigenvalue weighted by molar-refractivity contribution is 0.361. The molecule has 0 atom stereocenters. The van der Waals surface area contributed by atoms with Crippen LogP contribution in [0.2, 0.25) is 0 Å². The predicted octanol–water partition coefficient (Wildman–Crippen LogP) is 14.5. The van der Waals surface area contributed by atoms with Gasteiger partial charge < -0.3 is 18.9 Å². The van der Waals surface area contributed by atoms with E-state index in [0.29, 0.717) is 17.2 Å². The number of nitrogens with zero attached hydrogens (tertiary/aromatic N) is 2. The van der Waals surface area contributed by atoms with Gasteiger partial charge in [-0.05, 0) is 99.6 Å². The average molecular weight is 755 g/mol. The molecule has 0 unspecified atom stereocenters. The largest absolute Gasteiger partial charge is 0.449 e. The molecule has 0 amide bonds. The van der Waals surface area contributed by atoms with Crippen molar-refractivity contribution in [3.05, 3.63) is 229 Å². The minimum Gasteiger partial charge on any atom is -0.449 e. The van der Waals surface area contributed by atoms with Crippen LogP contribution in [-0.2, 0) is 5.41 Å². The van der Waals surface area contributed by atoms with Gasteiger partial charge in [0.2, 0.25) is 0 Å². The molecule has 1 aliphatic heterocycles. The van der Waals surface area contributed by atoms with E-state index in [1.165, 1.54) is 49.7 Å². The van der Waals surface area contributed by atoms with E-state index in [2.05, 4.69) is 210 Å². The maximum absolute atomic E-state index is 7.37. The third-order valence-corrected chi connectivity index (χ3v) is 12.6. The summed E-state index contributed by atoms with van der Waals surface area (Å²) in [6, 6.07) is 73.8. The van der Waals surface area contributed by atoms with Crippen molar-refractivity contribution in [1.29, 1.82) is 0 Å². The Labute approximate surface area is 341 Å². The van der Waals surface area contributed by atoms with Gasteiger partial charge in [0, 0.05) is 33.4 Å². The maximum atomic E-state index is 7.37. The Bertz CT molecular complexity index is 3300. The summed E-state index contributed by atoms with van der Waals surface area (Å²) in [7, 11) is 0. The highest BCUT2D eigenvalue weighted by molar-refractivity contribution is 6.10. The van der Waals surface area contributed by atoms with Crippen LogP contribution in [0.4, 0.5) is 17.1 Å². The fraction of sp³-hybridized carbons (Fsp3) is 0.0182. The molecule has 1 spiro atoms. The summed E-state index contributed by atoms with van der Waals surface area (Å²) in [5.41, 5.74) is 15.7. The Hall–Kier alpha value is -7.82. The number of aromatic nitrogens is 1. The molecular weight excluding hydrogens is 721 g/mol. The van der Waals surface area contributed by atoms with Gasteiger partial charge in [-0.15, -0.1) is 0 Å². The van der Waals surface area contributed by atoms with Crippen molar-refractivity contribution in [2.45, 2.75) is 5.41 Å². The fourth-order valence-corrected chi connectivity index (χ4v) is 10.4. The smallest absolute Gasteiger partial charge is 0.194 e. The molecular formula is C55H34N2O2. The summed E-state index contributed by atoms with van der Waals surface area (Å²) in [5.74, 6) is 2.79. The molecule has 4 nitrogen and oxygen atoms in total. The van der Waals surface area contributed by atoms with Gasteiger partial charge >= 0.3 is 0 Å². The zero-order chi connectivity index (χ0) is 38.7. The van der Waals surface area contributed by atoms with Crippen molar-refractivity contribution < 1.29 is 9.47 Å². The van der Waals surface area contributed by atoms with Gasteiger partial charge in [-0.3, -0.25) is 0 Å². The van der Waals surface area contributed by atoms with E-state index in [9.17, 15) is 0 Å². The van der Waals surface area contributed by atoms with Crippen LogP contribution < -0.4 is 14.4 Å². The molecule has 0 saturated carbocycles. The topological polar surface area (TPSA) is 26.6 Å². The summed E-state index contributed by atoms with van der Waals surface area (Å²) < 4.78 is 16.6. The van der Waals surface area contributed by atoms with Crippen LogP contribution in [0.25, 0.3) is 49.7 Å². The van der Waals surface area contributed by atoms with Crippen LogP contribution in [0.3, 0.4) is 0 Å². The summed E-state index contributed by atoms with van der Waals surface area (Å²) in [6.45, 7) is 0. The first kappa shape index (κ1) is 32.3. The van der Waals surface area contributed by atoms with E-state index < -0.39 is 5.41 Å². The van der Waals surface area contributed by atoms with Crippen molar-refractivity contribution in [1.82, 2.24) is 4.57 Å². The number of fused-ring (bicyclic) bond motifs is 16. The van der Waals surface area contributed by atoms with Gasteiger partial charge in [0.1, 0.15) is 0 Å². The monoisotopic (exact) mass is 754 g/mol. The van der Waals surface area contributed by atoms with Gasteiger partial charge in [-0.2, -0.15) is 0 Å². The lowest BCUT2D eigenvalue weighted by Gasteiger charge is -2.32. The molecule has 3 aliphatic rings. The molecule has 1 aromatic heterocycles. The molecule has 59 heavy (non-hydrogen) atoms. The Kier molecular flexibility index (Phi) is 6.62. The van der Waals surface area contributed by atoms with Crippen molar-refractivity contribution >= 4 is 38.9 Å². The predicted molar refractivity (Wildman–Crippen MR) is 238 cm³/mol. The number of ether oxygens (including phenoxy) is 2. The molecule has 276 valence electrons. The van der Waals surface area contributed by atoms with Crippen LogP contribution in [0.1, 0.15) is 22.3 Å². The van der Waals surface area contributed by atoms with Crippen molar-refractivity contribution in [3.8, 4) is 50.9 Å². The molecule has 9 aromatic carbocycles. The van der Waals surface area contributed by atoms with Crippen molar-refractivity contribution in [3.63, 3.8) is 0 Å². The molecule has 13 rings (SSSR count). The fourth-order valence-electron chi connectivity index (χ4n) is 10.4. The summed E-state index contributed by atoms with van der Waals surface area (Å²) in [4.78, 5) is 2.29. The normalized spacial score (nSPS) is 13.5. The van der Waals surface area contributed by atoms with Crippen molar-refractivity contribution in [2.75, 3.05) is 4.90 Å². The molecule has 2 aliphatic carbocycles. The van der Waals surface area contributed by atoms with Crippen LogP contribution >= 0.6 is 0 Å². The molecule has 0 saturated heterocycles. The molecule has 0 N–H and O–H groups in total. The highest BCUT2D eigenvalue weighted by atomic mass is 16.6. The second-order valence-electron chi connectivity index (χ2n) is 15.6. The molecule has 0 radical (unpaired) electrons. The number of anilines is 3. The first-order valence-electron chi connectivity index (χ1n) is 20.2. The minimum atomic E-state index is -0.486. The van der Waals surface area contributed by atoms with E-state index >= 15 is 0 Å². The van der Waals surface area contributed by atoms with Crippen LogP contribution in [0.5, 0.6) is 23.0 Å². The lowest BCUT2D eigenvalue weighted by atomic mass is 9.70. The Morgan fingerprint density at radius 2 is 1.00 bits per heavy atom. The average Bonchev–Trinajstić information content (AvgIpc) is 3.91. The summed E-state index contributed by atoms with van der Waals surface area (Å²) in [5, 5.41) is 2.41. The first-order chi connectivity index (χ1) is 29.3. The number of hydrogen-bond acceptors (Lipinski definition) is 3.